The van der Waals surface area contributed by atoms with E-state index in [9.17, 15) is 9.59 Å². The first-order valence-corrected chi connectivity index (χ1v) is 6.83. The van der Waals surface area contributed by atoms with Crippen molar-refractivity contribution in [1.82, 2.24) is 5.32 Å². The highest BCUT2D eigenvalue weighted by Gasteiger charge is 2.18. The lowest BCUT2D eigenvalue weighted by atomic mass is 10.1. The number of anilines is 1. The molecule has 0 aliphatic heterocycles. The van der Waals surface area contributed by atoms with Crippen molar-refractivity contribution in [3.8, 4) is 6.07 Å². The summed E-state index contributed by atoms with van der Waals surface area (Å²) in [5.74, 6) is -1.04. The van der Waals surface area contributed by atoms with Crippen LogP contribution in [-0.2, 0) is 11.2 Å². The summed E-state index contributed by atoms with van der Waals surface area (Å²) >= 11 is 0. The van der Waals surface area contributed by atoms with Gasteiger partial charge in [0.2, 0.25) is 0 Å². The van der Waals surface area contributed by atoms with Crippen LogP contribution in [0.1, 0.15) is 31.7 Å². The summed E-state index contributed by atoms with van der Waals surface area (Å²) < 4.78 is 0. The minimum Gasteiger partial charge on any atom is -0.480 e. The minimum absolute atomic E-state index is 0.310. The maximum Gasteiger partial charge on any atom is 0.326 e. The average molecular weight is 289 g/mol. The SMILES string of the molecule is CCCC[C@H](NC(=O)Nc1ccc(CC#N)cc1)C(=O)O. The molecule has 0 fully saturated rings. The van der Waals surface area contributed by atoms with Gasteiger partial charge in [0.05, 0.1) is 12.5 Å². The second-order valence-electron chi connectivity index (χ2n) is 4.66. The number of unbranched alkanes of at least 4 members (excludes halogenated alkanes) is 1. The van der Waals surface area contributed by atoms with Crippen LogP contribution < -0.4 is 10.6 Å². The predicted octanol–water partition coefficient (Wildman–Crippen LogP) is 2.52. The molecule has 0 aliphatic rings. The van der Waals surface area contributed by atoms with E-state index >= 15 is 0 Å². The van der Waals surface area contributed by atoms with E-state index in [1.54, 1.807) is 24.3 Å². The monoisotopic (exact) mass is 289 g/mol. The van der Waals surface area contributed by atoms with Crippen LogP contribution >= 0.6 is 0 Å². The van der Waals surface area contributed by atoms with Gasteiger partial charge in [0.15, 0.2) is 0 Å². The second-order valence-corrected chi connectivity index (χ2v) is 4.66. The Bertz CT molecular complexity index is 520. The van der Waals surface area contributed by atoms with Crippen molar-refractivity contribution in [3.63, 3.8) is 0 Å². The Balaban J connectivity index is 2.55. The van der Waals surface area contributed by atoms with Gasteiger partial charge < -0.3 is 15.7 Å². The third-order valence-electron chi connectivity index (χ3n) is 2.94. The summed E-state index contributed by atoms with van der Waals surface area (Å²) in [6.07, 6.45) is 2.32. The average Bonchev–Trinajstić information content (AvgIpc) is 2.45. The Hall–Kier alpha value is -2.55. The van der Waals surface area contributed by atoms with Gasteiger partial charge in [-0.1, -0.05) is 31.9 Å². The number of hydrogen-bond acceptors (Lipinski definition) is 3. The van der Waals surface area contributed by atoms with Crippen LogP contribution in [-0.4, -0.2) is 23.1 Å². The smallest absolute Gasteiger partial charge is 0.326 e. The predicted molar refractivity (Wildman–Crippen MR) is 78.9 cm³/mol. The molecule has 1 rings (SSSR count). The van der Waals surface area contributed by atoms with Crippen molar-refractivity contribution in [2.45, 2.75) is 38.6 Å². The van der Waals surface area contributed by atoms with Gasteiger partial charge in [0, 0.05) is 5.69 Å². The molecule has 6 heteroatoms. The molecule has 2 amide bonds. The molecular formula is C15H19N3O3. The number of benzene rings is 1. The lowest BCUT2D eigenvalue weighted by Gasteiger charge is -2.14. The summed E-state index contributed by atoms with van der Waals surface area (Å²) in [6, 6.07) is 7.43. The molecule has 0 unspecified atom stereocenters. The molecule has 0 heterocycles. The Kier molecular flexibility index (Phi) is 6.75. The van der Waals surface area contributed by atoms with Crippen LogP contribution in [0.3, 0.4) is 0 Å². The third-order valence-corrected chi connectivity index (χ3v) is 2.94. The zero-order chi connectivity index (χ0) is 15.7. The number of carbonyl (C=O) groups is 2. The molecule has 0 radical (unpaired) electrons. The third kappa shape index (κ3) is 5.95. The number of amides is 2. The molecule has 0 bridgehead atoms. The molecule has 3 N–H and O–H groups in total. The van der Waals surface area contributed by atoms with E-state index < -0.39 is 18.0 Å². The van der Waals surface area contributed by atoms with Crippen LogP contribution in [0, 0.1) is 11.3 Å². The number of aliphatic carboxylic acids is 1. The summed E-state index contributed by atoms with van der Waals surface area (Å²) in [5.41, 5.74) is 1.41. The molecule has 1 aromatic rings. The van der Waals surface area contributed by atoms with Crippen LogP contribution in [0.2, 0.25) is 0 Å². The van der Waals surface area contributed by atoms with Gasteiger partial charge in [-0.15, -0.1) is 0 Å². The van der Waals surface area contributed by atoms with Crippen LogP contribution in [0.4, 0.5) is 10.5 Å². The van der Waals surface area contributed by atoms with Crippen LogP contribution in [0.5, 0.6) is 0 Å². The first kappa shape index (κ1) is 16.5. The number of carboxylic acid groups (broad SMARTS) is 1. The molecule has 21 heavy (non-hydrogen) atoms. The zero-order valence-corrected chi connectivity index (χ0v) is 11.9. The number of nitrogens with zero attached hydrogens (tertiary/aromatic N) is 1. The van der Waals surface area contributed by atoms with Crippen molar-refractivity contribution in [3.05, 3.63) is 29.8 Å². The highest BCUT2D eigenvalue weighted by molar-refractivity contribution is 5.92. The number of nitrogens with one attached hydrogen (secondary N) is 2. The maximum atomic E-state index is 11.8. The molecule has 112 valence electrons. The second kappa shape index (κ2) is 8.59. The van der Waals surface area contributed by atoms with Gasteiger partial charge >= 0.3 is 12.0 Å². The molecule has 0 aromatic heterocycles. The van der Waals surface area contributed by atoms with E-state index in [2.05, 4.69) is 10.6 Å². The number of rotatable bonds is 7. The molecule has 1 atom stereocenters. The molecule has 0 saturated carbocycles. The Morgan fingerprint density at radius 3 is 2.52 bits per heavy atom. The van der Waals surface area contributed by atoms with E-state index in [4.69, 9.17) is 10.4 Å². The topological polar surface area (TPSA) is 102 Å². The number of carbonyl (C=O) groups excluding carboxylic acids is 1. The number of urea groups is 1. The van der Waals surface area contributed by atoms with E-state index in [-0.39, 0.29) is 0 Å². The highest BCUT2D eigenvalue weighted by Crippen LogP contribution is 2.10. The number of nitriles is 1. The van der Waals surface area contributed by atoms with Crippen molar-refractivity contribution in [2.24, 2.45) is 0 Å². The molecule has 0 aliphatic carbocycles. The quantitative estimate of drug-likeness (QED) is 0.717. The normalized spacial score (nSPS) is 11.2. The first-order valence-electron chi connectivity index (χ1n) is 6.83. The van der Waals surface area contributed by atoms with Crippen LogP contribution in [0.25, 0.3) is 0 Å². The summed E-state index contributed by atoms with van der Waals surface area (Å²) in [6.45, 7) is 1.96. The molecule has 1 aromatic carbocycles. The fourth-order valence-electron chi connectivity index (χ4n) is 1.79. The minimum atomic E-state index is -1.04. The Morgan fingerprint density at radius 1 is 1.33 bits per heavy atom. The van der Waals surface area contributed by atoms with Gasteiger partial charge in [-0.25, -0.2) is 9.59 Å². The molecule has 6 nitrogen and oxygen atoms in total. The lowest BCUT2D eigenvalue weighted by molar-refractivity contribution is -0.139. The molecule has 0 saturated heterocycles. The zero-order valence-electron chi connectivity index (χ0n) is 11.9. The van der Waals surface area contributed by atoms with Crippen molar-refractivity contribution in [2.75, 3.05) is 5.32 Å². The largest absolute Gasteiger partial charge is 0.480 e. The number of hydrogen-bond donors (Lipinski definition) is 3. The highest BCUT2D eigenvalue weighted by atomic mass is 16.4. The van der Waals surface area contributed by atoms with Gasteiger partial charge in [-0.3, -0.25) is 0 Å². The fourth-order valence-corrected chi connectivity index (χ4v) is 1.79. The summed E-state index contributed by atoms with van der Waals surface area (Å²) in [4.78, 5) is 22.8. The Morgan fingerprint density at radius 2 is 2.00 bits per heavy atom. The molecule has 0 spiro atoms. The standard InChI is InChI=1S/C15H19N3O3/c1-2-3-4-13(14(19)20)18-15(21)17-12-7-5-11(6-8-12)9-10-16/h5-8,13H,2-4,9H2,1H3,(H,19,20)(H2,17,18,21)/t13-/m0/s1. The van der Waals surface area contributed by atoms with E-state index in [0.717, 1.165) is 18.4 Å². The fraction of sp³-hybridized carbons (Fsp3) is 0.400. The Labute approximate surface area is 123 Å². The van der Waals surface area contributed by atoms with Gasteiger partial charge in [0.25, 0.3) is 0 Å². The van der Waals surface area contributed by atoms with Crippen LogP contribution in [0.15, 0.2) is 24.3 Å². The number of carboxylic acids is 1. The van der Waals surface area contributed by atoms with Gasteiger partial charge in [-0.05, 0) is 24.1 Å². The lowest BCUT2D eigenvalue weighted by Crippen LogP contribution is -2.42. The van der Waals surface area contributed by atoms with Crippen molar-refractivity contribution in [1.29, 1.82) is 5.26 Å². The van der Waals surface area contributed by atoms with Crippen molar-refractivity contribution >= 4 is 17.7 Å². The summed E-state index contributed by atoms with van der Waals surface area (Å²) in [5, 5.41) is 22.6. The van der Waals surface area contributed by atoms with E-state index in [0.29, 0.717) is 18.5 Å². The van der Waals surface area contributed by atoms with E-state index in [1.807, 2.05) is 13.0 Å². The first-order chi connectivity index (χ1) is 10.1. The molecular weight excluding hydrogens is 270 g/mol. The van der Waals surface area contributed by atoms with Crippen molar-refractivity contribution < 1.29 is 14.7 Å². The maximum absolute atomic E-state index is 11.8. The summed E-state index contributed by atoms with van der Waals surface area (Å²) in [7, 11) is 0. The van der Waals surface area contributed by atoms with E-state index in [1.165, 1.54) is 0 Å². The van der Waals surface area contributed by atoms with Gasteiger partial charge in [-0.2, -0.15) is 5.26 Å². The van der Waals surface area contributed by atoms with Gasteiger partial charge in [0.1, 0.15) is 6.04 Å².